The number of aromatic nitrogens is 1. The standard InChI is InChI=1S/C39H39ClF4N2O3S/c1-5-7-32(39(42,43)44)33(40)18-11-26-12-19-34(41)31(23-26)36-24-35(46-49-36)30(27-14-16-29(17-15-27)38(2,3)4)22-25-8-6-9-28(13-10-25)37(47)45-20-21-50-48/h5-7,9-19,23-24,30,48H,8,20-22H2,1-4H3,(H,45,47)/b7-5-,18-11+,33-32-. The summed E-state index contributed by atoms with van der Waals surface area (Å²) in [6.07, 6.45) is 8.48. The van der Waals surface area contributed by atoms with Gasteiger partial charge in [-0.25, -0.2) is 4.39 Å². The second-order valence-electron chi connectivity index (χ2n) is 12.7. The summed E-state index contributed by atoms with van der Waals surface area (Å²) in [5.41, 5.74) is 3.67. The molecule has 2 N–H and O–H groups in total. The molecule has 0 saturated heterocycles. The second kappa shape index (κ2) is 17.2. The number of hydrogen-bond donors (Lipinski definition) is 2. The minimum absolute atomic E-state index is 0.0562. The van der Waals surface area contributed by atoms with Crippen molar-refractivity contribution in [2.24, 2.45) is 0 Å². The van der Waals surface area contributed by atoms with Crippen molar-refractivity contribution in [1.29, 1.82) is 0 Å². The molecule has 1 amide bonds. The third-order valence-corrected chi connectivity index (χ3v) is 8.74. The Balaban J connectivity index is 1.68. The minimum Gasteiger partial charge on any atom is -0.356 e. The fraction of sp³-hybridized carbons (Fsp3) is 0.282. The Hall–Kier alpha value is -4.12. The number of nitrogens with one attached hydrogen (secondary N) is 1. The molecule has 50 heavy (non-hydrogen) atoms. The van der Waals surface area contributed by atoms with Crippen LogP contribution in [0.25, 0.3) is 17.4 Å². The van der Waals surface area contributed by atoms with E-state index in [4.69, 9.17) is 20.7 Å². The number of carbonyl (C=O) groups excluding carboxylic acids is 1. The normalized spacial score (nSPS) is 15.2. The topological polar surface area (TPSA) is 75.4 Å². The van der Waals surface area contributed by atoms with E-state index in [1.54, 1.807) is 18.2 Å². The van der Waals surface area contributed by atoms with Crippen molar-refractivity contribution in [3.05, 3.63) is 141 Å². The molecule has 0 radical (unpaired) electrons. The molecule has 0 aliphatic heterocycles. The Morgan fingerprint density at radius 3 is 2.50 bits per heavy atom. The molecular formula is C39H39ClF4N2O3S. The first kappa shape index (κ1) is 38.7. The van der Waals surface area contributed by atoms with Gasteiger partial charge in [0.05, 0.1) is 21.9 Å². The number of halogens is 5. The van der Waals surface area contributed by atoms with Crippen LogP contribution in [-0.2, 0) is 10.2 Å². The molecule has 0 fully saturated rings. The van der Waals surface area contributed by atoms with Crippen molar-refractivity contribution in [3.8, 4) is 11.3 Å². The van der Waals surface area contributed by atoms with Gasteiger partial charge in [-0.1, -0.05) is 110 Å². The average Bonchev–Trinajstić information content (AvgIpc) is 3.43. The summed E-state index contributed by atoms with van der Waals surface area (Å²) >= 11 is 6.66. The van der Waals surface area contributed by atoms with Gasteiger partial charge in [-0.3, -0.25) is 4.79 Å². The van der Waals surface area contributed by atoms with Gasteiger partial charge < -0.3 is 14.4 Å². The van der Waals surface area contributed by atoms with Gasteiger partial charge in [0.15, 0.2) is 5.76 Å². The van der Waals surface area contributed by atoms with E-state index >= 15 is 4.39 Å². The zero-order chi connectivity index (χ0) is 36.5. The summed E-state index contributed by atoms with van der Waals surface area (Å²) in [5, 5.41) is 6.64. The van der Waals surface area contributed by atoms with E-state index in [9.17, 15) is 18.0 Å². The molecule has 0 bridgehead atoms. The van der Waals surface area contributed by atoms with Crippen LogP contribution in [0.15, 0.2) is 117 Å². The van der Waals surface area contributed by atoms with Crippen LogP contribution in [0, 0.1) is 5.82 Å². The van der Waals surface area contributed by atoms with E-state index in [2.05, 4.69) is 43.4 Å². The van der Waals surface area contributed by atoms with E-state index < -0.39 is 22.6 Å². The summed E-state index contributed by atoms with van der Waals surface area (Å²) in [5.74, 6) is -0.568. The molecule has 1 aromatic heterocycles. The van der Waals surface area contributed by atoms with Crippen molar-refractivity contribution in [2.75, 3.05) is 12.3 Å². The molecule has 264 valence electrons. The quantitative estimate of drug-likeness (QED) is 0.0841. The highest BCUT2D eigenvalue weighted by molar-refractivity contribution is 7.93. The summed E-state index contributed by atoms with van der Waals surface area (Å²) in [6, 6.07) is 14.0. The number of carbonyl (C=O) groups is 1. The lowest BCUT2D eigenvalue weighted by atomic mass is 9.83. The summed E-state index contributed by atoms with van der Waals surface area (Å²) in [7, 11) is 0. The monoisotopic (exact) mass is 726 g/mol. The van der Waals surface area contributed by atoms with Crippen molar-refractivity contribution < 1.29 is 31.4 Å². The van der Waals surface area contributed by atoms with Gasteiger partial charge in [0.2, 0.25) is 0 Å². The SMILES string of the molecule is C\C=C/C(=C(Cl)\C=C\c1ccc(F)c(-c2cc(C(CC3=CC=C(C(=O)NCCSO)C=CC3)c3ccc(C(C)(C)C)cc3)no2)c1)C(F)(F)F. The lowest BCUT2D eigenvalue weighted by molar-refractivity contribution is -0.117. The van der Waals surface area contributed by atoms with Gasteiger partial charge in [-0.2, -0.15) is 13.2 Å². The molecule has 1 aliphatic carbocycles. The molecule has 4 rings (SSSR count). The molecule has 0 spiro atoms. The van der Waals surface area contributed by atoms with Gasteiger partial charge >= 0.3 is 6.18 Å². The smallest absolute Gasteiger partial charge is 0.356 e. The van der Waals surface area contributed by atoms with Crippen molar-refractivity contribution in [2.45, 2.75) is 58.0 Å². The Labute approximate surface area is 299 Å². The molecular weight excluding hydrogens is 688 g/mol. The number of amides is 1. The van der Waals surface area contributed by atoms with Crippen LogP contribution in [-0.4, -0.2) is 34.1 Å². The Kier molecular flexibility index (Phi) is 13.3. The van der Waals surface area contributed by atoms with E-state index in [-0.39, 0.29) is 28.6 Å². The third-order valence-electron chi connectivity index (χ3n) is 8.02. The molecule has 1 atom stereocenters. The van der Waals surface area contributed by atoms with Gasteiger partial charge in [0.1, 0.15) is 5.82 Å². The predicted octanol–water partition coefficient (Wildman–Crippen LogP) is 11.1. The molecule has 0 saturated carbocycles. The molecule has 1 unspecified atom stereocenters. The van der Waals surface area contributed by atoms with E-state index in [0.29, 0.717) is 54.0 Å². The molecule has 11 heteroatoms. The number of allylic oxidation sites excluding steroid dienone is 9. The van der Waals surface area contributed by atoms with E-state index in [1.165, 1.54) is 37.3 Å². The summed E-state index contributed by atoms with van der Waals surface area (Å²) < 4.78 is 70.1. The molecule has 3 aromatic rings. The largest absolute Gasteiger partial charge is 0.417 e. The summed E-state index contributed by atoms with van der Waals surface area (Å²) in [6.45, 7) is 8.20. The van der Waals surface area contributed by atoms with Crippen LogP contribution < -0.4 is 5.32 Å². The molecule has 1 heterocycles. The van der Waals surface area contributed by atoms with Gasteiger partial charge in [-0.15, -0.1) is 0 Å². The predicted molar refractivity (Wildman–Crippen MR) is 194 cm³/mol. The zero-order valence-corrected chi connectivity index (χ0v) is 29.7. The van der Waals surface area contributed by atoms with Crippen molar-refractivity contribution in [3.63, 3.8) is 0 Å². The molecule has 1 aliphatic rings. The number of nitrogens with zero attached hydrogens (tertiary/aromatic N) is 1. The first-order valence-electron chi connectivity index (χ1n) is 16.0. The van der Waals surface area contributed by atoms with Crippen LogP contribution in [0.2, 0.25) is 0 Å². The van der Waals surface area contributed by atoms with E-state index in [0.717, 1.165) is 28.9 Å². The van der Waals surface area contributed by atoms with Gasteiger partial charge in [0.25, 0.3) is 5.91 Å². The Morgan fingerprint density at radius 1 is 1.10 bits per heavy atom. The molecule has 5 nitrogen and oxygen atoms in total. The maximum absolute atomic E-state index is 15.2. The fourth-order valence-corrected chi connectivity index (χ4v) is 5.73. The lowest BCUT2D eigenvalue weighted by Crippen LogP contribution is -2.26. The van der Waals surface area contributed by atoms with Gasteiger partial charge in [-0.05, 0) is 78.2 Å². The molecule has 2 aromatic carbocycles. The highest BCUT2D eigenvalue weighted by atomic mass is 35.5. The minimum atomic E-state index is -4.64. The van der Waals surface area contributed by atoms with Crippen LogP contribution in [0.5, 0.6) is 0 Å². The maximum Gasteiger partial charge on any atom is 0.417 e. The number of benzene rings is 2. The third kappa shape index (κ3) is 10.4. The first-order chi connectivity index (χ1) is 23.7. The fourth-order valence-electron chi connectivity index (χ4n) is 5.31. The highest BCUT2D eigenvalue weighted by Crippen LogP contribution is 2.37. The van der Waals surface area contributed by atoms with Gasteiger partial charge in [0, 0.05) is 29.9 Å². The maximum atomic E-state index is 15.2. The number of alkyl halides is 3. The highest BCUT2D eigenvalue weighted by Gasteiger charge is 2.33. The Bertz CT molecular complexity index is 1850. The number of hydrogen-bond acceptors (Lipinski definition) is 5. The van der Waals surface area contributed by atoms with Crippen molar-refractivity contribution in [1.82, 2.24) is 10.5 Å². The Morgan fingerprint density at radius 2 is 1.84 bits per heavy atom. The zero-order valence-electron chi connectivity index (χ0n) is 28.2. The summed E-state index contributed by atoms with van der Waals surface area (Å²) in [4.78, 5) is 12.6. The van der Waals surface area contributed by atoms with Crippen LogP contribution in [0.3, 0.4) is 0 Å². The average molecular weight is 727 g/mol. The van der Waals surface area contributed by atoms with E-state index in [1.807, 2.05) is 24.3 Å². The lowest BCUT2D eigenvalue weighted by Gasteiger charge is -2.21. The first-order valence-corrected chi connectivity index (χ1v) is 17.3. The van der Waals surface area contributed by atoms with Crippen LogP contribution in [0.1, 0.15) is 68.8 Å². The van der Waals surface area contributed by atoms with Crippen molar-refractivity contribution >= 4 is 35.6 Å². The second-order valence-corrected chi connectivity index (χ2v) is 13.8. The van der Waals surface area contributed by atoms with Crippen LogP contribution >= 0.6 is 23.6 Å². The number of rotatable bonds is 12. The van der Waals surface area contributed by atoms with Crippen LogP contribution in [0.4, 0.5) is 17.6 Å².